The van der Waals surface area contributed by atoms with E-state index >= 15 is 0 Å². The summed E-state index contributed by atoms with van der Waals surface area (Å²) in [5.41, 5.74) is -0.611. The van der Waals surface area contributed by atoms with Gasteiger partial charge in [0.05, 0.1) is 5.56 Å². The molecule has 0 bridgehead atoms. The zero-order chi connectivity index (χ0) is 14.7. The van der Waals surface area contributed by atoms with Crippen molar-refractivity contribution in [3.63, 3.8) is 0 Å². The third-order valence-corrected chi connectivity index (χ3v) is 5.10. The van der Waals surface area contributed by atoms with Crippen molar-refractivity contribution in [3.05, 3.63) is 26.4 Å². The van der Waals surface area contributed by atoms with Crippen molar-refractivity contribution in [1.82, 2.24) is 9.55 Å². The van der Waals surface area contributed by atoms with E-state index in [4.69, 9.17) is 0 Å². The SMILES string of the molecule is CCCc1c(O)n(C2CCCC(SC)C2)c(=O)[nH]c1=O. The number of rotatable bonds is 4. The van der Waals surface area contributed by atoms with Crippen LogP contribution < -0.4 is 11.2 Å². The minimum Gasteiger partial charge on any atom is -0.494 e. The third kappa shape index (κ3) is 2.95. The van der Waals surface area contributed by atoms with E-state index in [1.54, 1.807) is 11.8 Å². The molecule has 0 saturated heterocycles. The van der Waals surface area contributed by atoms with Gasteiger partial charge >= 0.3 is 5.69 Å². The molecule has 1 fully saturated rings. The maximum absolute atomic E-state index is 12.1. The van der Waals surface area contributed by atoms with Gasteiger partial charge in [0.2, 0.25) is 5.88 Å². The number of hydrogen-bond acceptors (Lipinski definition) is 4. The van der Waals surface area contributed by atoms with Gasteiger partial charge in [-0.05, 0) is 31.9 Å². The normalized spacial score (nSPS) is 22.9. The monoisotopic (exact) mass is 298 g/mol. The molecular formula is C14H22N2O3S. The molecule has 0 amide bonds. The summed E-state index contributed by atoms with van der Waals surface area (Å²) in [5.74, 6) is -0.132. The first-order valence-corrected chi connectivity index (χ1v) is 8.46. The minimum atomic E-state index is -0.487. The average Bonchev–Trinajstić information content (AvgIpc) is 2.43. The molecule has 1 saturated carbocycles. The van der Waals surface area contributed by atoms with E-state index in [1.165, 1.54) is 4.57 Å². The summed E-state index contributed by atoms with van der Waals surface area (Å²) in [6.07, 6.45) is 7.26. The minimum absolute atomic E-state index is 0.0128. The van der Waals surface area contributed by atoms with Crippen molar-refractivity contribution in [1.29, 1.82) is 0 Å². The molecule has 20 heavy (non-hydrogen) atoms. The zero-order valence-corrected chi connectivity index (χ0v) is 12.8. The lowest BCUT2D eigenvalue weighted by molar-refractivity contribution is 0.300. The quantitative estimate of drug-likeness (QED) is 0.892. The maximum Gasteiger partial charge on any atom is 0.331 e. The molecule has 2 unspecified atom stereocenters. The van der Waals surface area contributed by atoms with Crippen LogP contribution in [0.25, 0.3) is 0 Å². The van der Waals surface area contributed by atoms with Gasteiger partial charge in [-0.25, -0.2) is 4.79 Å². The predicted molar refractivity (Wildman–Crippen MR) is 81.8 cm³/mol. The van der Waals surface area contributed by atoms with Crippen LogP contribution in [0.15, 0.2) is 9.59 Å². The molecule has 1 aromatic heterocycles. The number of thioether (sulfide) groups is 1. The van der Waals surface area contributed by atoms with Gasteiger partial charge < -0.3 is 5.11 Å². The van der Waals surface area contributed by atoms with E-state index in [1.807, 2.05) is 6.92 Å². The van der Waals surface area contributed by atoms with Crippen molar-refractivity contribution in [2.75, 3.05) is 6.26 Å². The number of nitrogens with one attached hydrogen (secondary N) is 1. The number of aromatic amines is 1. The van der Waals surface area contributed by atoms with Crippen LogP contribution in [-0.2, 0) is 6.42 Å². The van der Waals surface area contributed by atoms with Gasteiger partial charge in [0.15, 0.2) is 0 Å². The van der Waals surface area contributed by atoms with Crippen LogP contribution in [0.1, 0.15) is 50.6 Å². The van der Waals surface area contributed by atoms with E-state index in [2.05, 4.69) is 11.2 Å². The number of aromatic nitrogens is 2. The van der Waals surface area contributed by atoms with Gasteiger partial charge in [0.25, 0.3) is 5.56 Å². The first kappa shape index (κ1) is 15.2. The standard InChI is InChI=1S/C14H22N2O3S/c1-3-5-11-12(17)15-14(19)16(13(11)18)9-6-4-7-10(8-9)20-2/h9-10,18H,3-8H2,1-2H3,(H,15,17,19). The molecule has 0 radical (unpaired) electrons. The van der Waals surface area contributed by atoms with Crippen molar-refractivity contribution in [3.8, 4) is 5.88 Å². The molecule has 112 valence electrons. The Morgan fingerprint density at radius 1 is 1.40 bits per heavy atom. The van der Waals surface area contributed by atoms with E-state index < -0.39 is 11.2 Å². The fourth-order valence-corrected chi connectivity index (χ4v) is 3.78. The maximum atomic E-state index is 12.1. The smallest absolute Gasteiger partial charge is 0.331 e. The Bertz CT molecular complexity index is 579. The third-order valence-electron chi connectivity index (χ3n) is 4.01. The molecular weight excluding hydrogens is 276 g/mol. The van der Waals surface area contributed by atoms with Gasteiger partial charge in [-0.2, -0.15) is 11.8 Å². The molecule has 1 aliphatic rings. The molecule has 2 rings (SSSR count). The Balaban J connectivity index is 2.43. The second kappa shape index (κ2) is 6.52. The topological polar surface area (TPSA) is 75.1 Å². The average molecular weight is 298 g/mol. The molecule has 0 aliphatic heterocycles. The van der Waals surface area contributed by atoms with Crippen molar-refractivity contribution in [2.45, 2.75) is 56.7 Å². The van der Waals surface area contributed by atoms with Crippen LogP contribution in [0.3, 0.4) is 0 Å². The zero-order valence-electron chi connectivity index (χ0n) is 12.0. The lowest BCUT2D eigenvalue weighted by atomic mass is 9.94. The van der Waals surface area contributed by atoms with Crippen LogP contribution in [0.4, 0.5) is 0 Å². The first-order valence-electron chi connectivity index (χ1n) is 7.17. The fraction of sp³-hybridized carbons (Fsp3) is 0.714. The van der Waals surface area contributed by atoms with Crippen LogP contribution in [0.2, 0.25) is 0 Å². The first-order chi connectivity index (χ1) is 9.58. The summed E-state index contributed by atoms with van der Waals surface area (Å²) >= 11 is 1.80. The second-order valence-corrected chi connectivity index (χ2v) is 6.50. The molecule has 0 spiro atoms. The largest absolute Gasteiger partial charge is 0.494 e. The molecule has 2 N–H and O–H groups in total. The van der Waals surface area contributed by atoms with Gasteiger partial charge in [-0.1, -0.05) is 19.8 Å². The number of hydrogen-bond donors (Lipinski definition) is 2. The van der Waals surface area contributed by atoms with Crippen LogP contribution >= 0.6 is 11.8 Å². The highest BCUT2D eigenvalue weighted by molar-refractivity contribution is 7.99. The van der Waals surface area contributed by atoms with Crippen molar-refractivity contribution in [2.24, 2.45) is 0 Å². The summed E-state index contributed by atoms with van der Waals surface area (Å²) in [7, 11) is 0. The summed E-state index contributed by atoms with van der Waals surface area (Å²) in [4.78, 5) is 26.2. The molecule has 1 heterocycles. The highest BCUT2D eigenvalue weighted by Gasteiger charge is 2.26. The summed E-state index contributed by atoms with van der Waals surface area (Å²) < 4.78 is 1.40. The van der Waals surface area contributed by atoms with E-state index in [9.17, 15) is 14.7 Å². The highest BCUT2D eigenvalue weighted by atomic mass is 32.2. The van der Waals surface area contributed by atoms with E-state index in [-0.39, 0.29) is 11.9 Å². The Labute approximate surface area is 122 Å². The number of aromatic hydroxyl groups is 1. The van der Waals surface area contributed by atoms with Gasteiger partial charge in [-0.15, -0.1) is 0 Å². The van der Waals surface area contributed by atoms with Gasteiger partial charge in [-0.3, -0.25) is 14.3 Å². The summed E-state index contributed by atoms with van der Waals surface area (Å²) in [6, 6.07) is -0.0128. The van der Waals surface area contributed by atoms with Gasteiger partial charge in [0, 0.05) is 11.3 Å². The Hall–Kier alpha value is -1.17. The second-order valence-electron chi connectivity index (χ2n) is 5.36. The van der Waals surface area contributed by atoms with Crippen LogP contribution in [0, 0.1) is 0 Å². The number of nitrogens with zero attached hydrogens (tertiary/aromatic N) is 1. The highest BCUT2D eigenvalue weighted by Crippen LogP contribution is 2.35. The Morgan fingerprint density at radius 2 is 2.15 bits per heavy atom. The molecule has 1 aromatic rings. The molecule has 2 atom stereocenters. The van der Waals surface area contributed by atoms with Crippen molar-refractivity contribution >= 4 is 11.8 Å². The fourth-order valence-electron chi connectivity index (χ4n) is 2.96. The molecule has 1 aliphatic carbocycles. The summed E-state index contributed by atoms with van der Waals surface area (Å²) in [5, 5.41) is 10.8. The molecule has 5 nitrogen and oxygen atoms in total. The lowest BCUT2D eigenvalue weighted by Gasteiger charge is -2.30. The number of H-pyrrole nitrogens is 1. The Morgan fingerprint density at radius 3 is 2.80 bits per heavy atom. The van der Waals surface area contributed by atoms with E-state index in [0.29, 0.717) is 17.2 Å². The molecule has 0 aromatic carbocycles. The van der Waals surface area contributed by atoms with Crippen LogP contribution in [-0.4, -0.2) is 26.2 Å². The summed E-state index contributed by atoms with van der Waals surface area (Å²) in [6.45, 7) is 1.94. The van der Waals surface area contributed by atoms with E-state index in [0.717, 1.165) is 32.1 Å². The lowest BCUT2D eigenvalue weighted by Crippen LogP contribution is -2.36. The molecule has 6 heteroatoms. The van der Waals surface area contributed by atoms with Crippen LogP contribution in [0.5, 0.6) is 5.88 Å². The van der Waals surface area contributed by atoms with Gasteiger partial charge in [0.1, 0.15) is 0 Å². The predicted octanol–water partition coefficient (Wildman–Crippen LogP) is 2.04. The van der Waals surface area contributed by atoms with Crippen molar-refractivity contribution < 1.29 is 5.11 Å². The Kier molecular flexibility index (Phi) is 4.96.